The largest absolute Gasteiger partial charge is 0.494 e. The number of hydrogen-bond donors (Lipinski definition) is 2. The molecule has 1 unspecified atom stereocenters. The standard InChI is InChI=1S/C17H25N3OS/c1-12(2)20-13(3)8-9-21-15-6-4-14(5-7-15)17-19-11-16(10-18)22-17/h4-7,11-13,20H,8-10,18H2,1-3H3. The van der Waals surface area contributed by atoms with Crippen molar-refractivity contribution in [1.82, 2.24) is 10.3 Å². The molecule has 0 aliphatic carbocycles. The predicted octanol–water partition coefficient (Wildman–Crippen LogP) is 3.42. The molecule has 0 spiro atoms. The van der Waals surface area contributed by atoms with E-state index in [0.29, 0.717) is 18.6 Å². The van der Waals surface area contributed by atoms with E-state index in [0.717, 1.165) is 34.2 Å². The second-order valence-electron chi connectivity index (χ2n) is 5.72. The average molecular weight is 319 g/mol. The van der Waals surface area contributed by atoms with Crippen molar-refractivity contribution in [1.29, 1.82) is 0 Å². The predicted molar refractivity (Wildman–Crippen MR) is 93.3 cm³/mol. The van der Waals surface area contributed by atoms with Gasteiger partial charge >= 0.3 is 0 Å². The Morgan fingerprint density at radius 3 is 2.55 bits per heavy atom. The summed E-state index contributed by atoms with van der Waals surface area (Å²) in [6.45, 7) is 7.76. The van der Waals surface area contributed by atoms with Crippen molar-refractivity contribution in [2.75, 3.05) is 6.61 Å². The summed E-state index contributed by atoms with van der Waals surface area (Å²) in [6.07, 6.45) is 2.83. The first kappa shape index (κ1) is 16.9. The summed E-state index contributed by atoms with van der Waals surface area (Å²) in [4.78, 5) is 5.49. The molecule has 2 aromatic rings. The minimum atomic E-state index is 0.462. The van der Waals surface area contributed by atoms with Gasteiger partial charge in [0.25, 0.3) is 0 Å². The molecular formula is C17H25N3OS. The first-order valence-electron chi connectivity index (χ1n) is 7.72. The van der Waals surface area contributed by atoms with Crippen molar-refractivity contribution < 1.29 is 4.74 Å². The third-order valence-corrected chi connectivity index (χ3v) is 4.36. The number of ether oxygens (including phenoxy) is 1. The molecule has 1 atom stereocenters. The van der Waals surface area contributed by atoms with E-state index in [9.17, 15) is 0 Å². The van der Waals surface area contributed by atoms with Gasteiger partial charge in [-0.05, 0) is 37.6 Å². The van der Waals surface area contributed by atoms with E-state index < -0.39 is 0 Å². The molecule has 2 rings (SSSR count). The summed E-state index contributed by atoms with van der Waals surface area (Å²) in [6, 6.07) is 9.06. The van der Waals surface area contributed by atoms with Crippen LogP contribution >= 0.6 is 11.3 Å². The van der Waals surface area contributed by atoms with Crippen LogP contribution in [-0.2, 0) is 6.54 Å². The molecule has 120 valence electrons. The highest BCUT2D eigenvalue weighted by atomic mass is 32.1. The lowest BCUT2D eigenvalue weighted by molar-refractivity contribution is 0.286. The Kier molecular flexibility index (Phi) is 6.36. The highest BCUT2D eigenvalue weighted by molar-refractivity contribution is 7.15. The van der Waals surface area contributed by atoms with Crippen LogP contribution in [0.4, 0.5) is 0 Å². The number of rotatable bonds is 8. The number of hydrogen-bond acceptors (Lipinski definition) is 5. The van der Waals surface area contributed by atoms with E-state index in [1.54, 1.807) is 11.3 Å². The van der Waals surface area contributed by atoms with Gasteiger partial charge in [-0.2, -0.15) is 0 Å². The molecule has 0 saturated heterocycles. The Balaban J connectivity index is 1.84. The van der Waals surface area contributed by atoms with Gasteiger partial charge in [0.05, 0.1) is 6.61 Å². The maximum atomic E-state index is 5.80. The van der Waals surface area contributed by atoms with E-state index >= 15 is 0 Å². The van der Waals surface area contributed by atoms with Crippen LogP contribution < -0.4 is 15.8 Å². The lowest BCUT2D eigenvalue weighted by Crippen LogP contribution is -2.33. The first-order chi connectivity index (χ1) is 10.6. The fraction of sp³-hybridized carbons (Fsp3) is 0.471. The van der Waals surface area contributed by atoms with Crippen molar-refractivity contribution in [2.24, 2.45) is 5.73 Å². The number of nitrogens with one attached hydrogen (secondary N) is 1. The average Bonchev–Trinajstić information content (AvgIpc) is 2.96. The molecule has 0 aliphatic rings. The van der Waals surface area contributed by atoms with Gasteiger partial charge in [0.2, 0.25) is 0 Å². The SMILES string of the molecule is CC(C)NC(C)CCOc1ccc(-c2ncc(CN)s2)cc1. The summed E-state index contributed by atoms with van der Waals surface area (Å²) < 4.78 is 5.80. The Labute approximate surface area is 136 Å². The molecule has 0 amide bonds. The number of thiazole rings is 1. The van der Waals surface area contributed by atoms with Gasteiger partial charge < -0.3 is 15.8 Å². The molecule has 0 radical (unpaired) electrons. The fourth-order valence-corrected chi connectivity index (χ4v) is 3.03. The second kappa shape index (κ2) is 8.27. The van der Waals surface area contributed by atoms with E-state index in [1.165, 1.54) is 0 Å². The molecule has 3 N–H and O–H groups in total. The Morgan fingerprint density at radius 1 is 1.23 bits per heavy atom. The van der Waals surface area contributed by atoms with E-state index in [4.69, 9.17) is 10.5 Å². The fourth-order valence-electron chi connectivity index (χ4n) is 2.23. The van der Waals surface area contributed by atoms with Crippen molar-refractivity contribution in [3.8, 4) is 16.3 Å². The number of benzene rings is 1. The van der Waals surface area contributed by atoms with Crippen LogP contribution in [0.1, 0.15) is 32.1 Å². The van der Waals surface area contributed by atoms with Crippen LogP contribution in [0, 0.1) is 0 Å². The summed E-state index contributed by atoms with van der Waals surface area (Å²) in [5.41, 5.74) is 6.72. The Hall–Kier alpha value is -1.43. The molecule has 1 heterocycles. The Bertz CT molecular complexity index is 566. The lowest BCUT2D eigenvalue weighted by Gasteiger charge is -2.17. The molecule has 1 aromatic heterocycles. The Morgan fingerprint density at radius 2 is 1.95 bits per heavy atom. The number of nitrogens with zero attached hydrogens (tertiary/aromatic N) is 1. The zero-order valence-corrected chi connectivity index (χ0v) is 14.3. The molecule has 0 fully saturated rings. The third-order valence-electron chi connectivity index (χ3n) is 3.29. The van der Waals surface area contributed by atoms with E-state index in [1.807, 2.05) is 30.5 Å². The van der Waals surface area contributed by atoms with Crippen molar-refractivity contribution in [3.05, 3.63) is 35.3 Å². The molecule has 4 nitrogen and oxygen atoms in total. The maximum Gasteiger partial charge on any atom is 0.123 e. The van der Waals surface area contributed by atoms with Gasteiger partial charge in [-0.1, -0.05) is 13.8 Å². The van der Waals surface area contributed by atoms with Gasteiger partial charge in [-0.3, -0.25) is 0 Å². The summed E-state index contributed by atoms with van der Waals surface area (Å²) in [7, 11) is 0. The molecule has 0 bridgehead atoms. The maximum absolute atomic E-state index is 5.80. The third kappa shape index (κ3) is 5.09. The number of nitrogens with two attached hydrogens (primary N) is 1. The molecular weight excluding hydrogens is 294 g/mol. The normalized spacial score (nSPS) is 12.6. The van der Waals surface area contributed by atoms with Crippen LogP contribution in [0.5, 0.6) is 5.75 Å². The minimum absolute atomic E-state index is 0.462. The highest BCUT2D eigenvalue weighted by Gasteiger charge is 2.06. The quantitative estimate of drug-likeness (QED) is 0.782. The van der Waals surface area contributed by atoms with Crippen LogP contribution in [0.25, 0.3) is 10.6 Å². The van der Waals surface area contributed by atoms with Crippen molar-refractivity contribution in [3.63, 3.8) is 0 Å². The molecule has 0 saturated carbocycles. The topological polar surface area (TPSA) is 60.2 Å². The monoisotopic (exact) mass is 319 g/mol. The van der Waals surface area contributed by atoms with Crippen LogP contribution in [-0.4, -0.2) is 23.7 Å². The van der Waals surface area contributed by atoms with Gasteiger partial charge in [0, 0.05) is 35.3 Å². The van der Waals surface area contributed by atoms with Crippen molar-refractivity contribution >= 4 is 11.3 Å². The van der Waals surface area contributed by atoms with Gasteiger partial charge in [-0.15, -0.1) is 11.3 Å². The lowest BCUT2D eigenvalue weighted by atomic mass is 10.2. The minimum Gasteiger partial charge on any atom is -0.494 e. The van der Waals surface area contributed by atoms with Crippen LogP contribution in [0.2, 0.25) is 0 Å². The second-order valence-corrected chi connectivity index (χ2v) is 6.83. The molecule has 22 heavy (non-hydrogen) atoms. The van der Waals surface area contributed by atoms with E-state index in [-0.39, 0.29) is 0 Å². The summed E-state index contributed by atoms with van der Waals surface area (Å²) >= 11 is 1.63. The van der Waals surface area contributed by atoms with Crippen LogP contribution in [0.3, 0.4) is 0 Å². The number of aromatic nitrogens is 1. The summed E-state index contributed by atoms with van der Waals surface area (Å²) in [5.74, 6) is 0.899. The highest BCUT2D eigenvalue weighted by Crippen LogP contribution is 2.26. The summed E-state index contributed by atoms with van der Waals surface area (Å²) in [5, 5.41) is 4.47. The first-order valence-corrected chi connectivity index (χ1v) is 8.54. The zero-order chi connectivity index (χ0) is 15.9. The molecule has 1 aromatic carbocycles. The zero-order valence-electron chi connectivity index (χ0n) is 13.5. The molecule has 5 heteroatoms. The van der Waals surface area contributed by atoms with Gasteiger partial charge in [0.15, 0.2) is 0 Å². The van der Waals surface area contributed by atoms with Crippen molar-refractivity contribution in [2.45, 2.75) is 45.8 Å². The molecule has 0 aliphatic heterocycles. The smallest absolute Gasteiger partial charge is 0.123 e. The van der Waals surface area contributed by atoms with E-state index in [2.05, 4.69) is 31.1 Å². The van der Waals surface area contributed by atoms with Gasteiger partial charge in [0.1, 0.15) is 10.8 Å². The van der Waals surface area contributed by atoms with Gasteiger partial charge in [-0.25, -0.2) is 4.98 Å². The van der Waals surface area contributed by atoms with Crippen LogP contribution in [0.15, 0.2) is 30.5 Å².